The molecule has 1 aliphatic heterocycles. The lowest BCUT2D eigenvalue weighted by Gasteiger charge is -2.34. The minimum Gasteiger partial charge on any atom is -0.492 e. The van der Waals surface area contributed by atoms with Crippen molar-refractivity contribution < 1.29 is 9.53 Å². The normalized spacial score (nSPS) is 15.6. The number of ether oxygens (including phenoxy) is 1. The van der Waals surface area contributed by atoms with Crippen molar-refractivity contribution in [3.8, 4) is 5.75 Å². The molecular weight excluding hydrogens is 360 g/mol. The number of hydrogen-bond acceptors (Lipinski definition) is 6. The molecule has 1 aliphatic rings. The summed E-state index contributed by atoms with van der Waals surface area (Å²) in [4.78, 5) is 22.5. The fraction of sp³-hybridized carbons (Fsp3) is 0.500. The van der Waals surface area contributed by atoms with Crippen LogP contribution in [-0.2, 0) is 11.2 Å². The van der Waals surface area contributed by atoms with Gasteiger partial charge in [0.15, 0.2) is 5.13 Å². The molecule has 1 N–H and O–H groups in total. The van der Waals surface area contributed by atoms with E-state index in [1.807, 2.05) is 37.3 Å². The first-order valence-electron chi connectivity index (χ1n) is 9.52. The quantitative estimate of drug-likeness (QED) is 0.753. The van der Waals surface area contributed by atoms with Crippen molar-refractivity contribution in [1.29, 1.82) is 0 Å². The summed E-state index contributed by atoms with van der Waals surface area (Å²) in [5.41, 5.74) is 1.07. The third kappa shape index (κ3) is 6.02. The number of thiazole rings is 1. The molecule has 0 radical (unpaired) electrons. The van der Waals surface area contributed by atoms with Gasteiger partial charge in [-0.3, -0.25) is 14.6 Å². The first-order valence-corrected chi connectivity index (χ1v) is 10.3. The molecule has 2 aromatic rings. The van der Waals surface area contributed by atoms with E-state index < -0.39 is 0 Å². The predicted molar refractivity (Wildman–Crippen MR) is 110 cm³/mol. The smallest absolute Gasteiger partial charge is 0.240 e. The average Bonchev–Trinajstić information content (AvgIpc) is 3.03. The van der Waals surface area contributed by atoms with E-state index in [1.54, 1.807) is 11.3 Å². The SMILES string of the molecule is CCc1nc(NC(=O)CN2CCN(CCOc3ccccc3)CC2)sc1C. The predicted octanol–water partition coefficient (Wildman–Crippen LogP) is 2.65. The van der Waals surface area contributed by atoms with Gasteiger partial charge in [-0.2, -0.15) is 0 Å². The molecule has 3 rings (SSSR count). The molecule has 1 fully saturated rings. The van der Waals surface area contributed by atoms with E-state index in [4.69, 9.17) is 4.74 Å². The van der Waals surface area contributed by atoms with Crippen LogP contribution in [0.4, 0.5) is 5.13 Å². The number of carbonyl (C=O) groups excluding carboxylic acids is 1. The summed E-state index contributed by atoms with van der Waals surface area (Å²) in [5.74, 6) is 0.934. The number of piperazine rings is 1. The van der Waals surface area contributed by atoms with Gasteiger partial charge in [-0.25, -0.2) is 4.98 Å². The Morgan fingerprint density at radius 1 is 1.19 bits per heavy atom. The fourth-order valence-electron chi connectivity index (χ4n) is 3.15. The number of aryl methyl sites for hydroxylation is 2. The number of para-hydroxylation sites is 1. The lowest BCUT2D eigenvalue weighted by atomic mass is 10.3. The Labute approximate surface area is 165 Å². The highest BCUT2D eigenvalue weighted by Gasteiger charge is 2.19. The van der Waals surface area contributed by atoms with E-state index in [9.17, 15) is 4.79 Å². The molecule has 7 heteroatoms. The maximum atomic E-state index is 12.3. The first-order chi connectivity index (χ1) is 13.1. The highest BCUT2D eigenvalue weighted by Crippen LogP contribution is 2.22. The third-order valence-electron chi connectivity index (χ3n) is 4.73. The second-order valence-electron chi connectivity index (χ2n) is 6.70. The van der Waals surface area contributed by atoms with E-state index in [1.165, 1.54) is 4.88 Å². The number of carbonyl (C=O) groups is 1. The van der Waals surface area contributed by atoms with E-state index in [-0.39, 0.29) is 5.91 Å². The van der Waals surface area contributed by atoms with E-state index in [0.29, 0.717) is 18.3 Å². The molecule has 146 valence electrons. The summed E-state index contributed by atoms with van der Waals surface area (Å²) >= 11 is 1.55. The fourth-order valence-corrected chi connectivity index (χ4v) is 4.07. The van der Waals surface area contributed by atoms with Crippen molar-refractivity contribution in [3.63, 3.8) is 0 Å². The van der Waals surface area contributed by atoms with E-state index >= 15 is 0 Å². The third-order valence-corrected chi connectivity index (χ3v) is 5.65. The van der Waals surface area contributed by atoms with Crippen LogP contribution >= 0.6 is 11.3 Å². The molecule has 1 aromatic heterocycles. The van der Waals surface area contributed by atoms with Gasteiger partial charge in [-0.15, -0.1) is 11.3 Å². The van der Waals surface area contributed by atoms with Gasteiger partial charge in [0.1, 0.15) is 12.4 Å². The van der Waals surface area contributed by atoms with Crippen LogP contribution in [0, 0.1) is 6.92 Å². The molecule has 6 nitrogen and oxygen atoms in total. The van der Waals surface area contributed by atoms with Crippen LogP contribution in [0.1, 0.15) is 17.5 Å². The Kier molecular flexibility index (Phi) is 7.20. The topological polar surface area (TPSA) is 57.7 Å². The lowest BCUT2D eigenvalue weighted by molar-refractivity contribution is -0.117. The highest BCUT2D eigenvalue weighted by atomic mass is 32.1. The van der Waals surface area contributed by atoms with Crippen LogP contribution in [0.25, 0.3) is 0 Å². The van der Waals surface area contributed by atoms with E-state index in [0.717, 1.165) is 50.6 Å². The van der Waals surface area contributed by atoms with Gasteiger partial charge in [0.25, 0.3) is 0 Å². The van der Waals surface area contributed by atoms with Crippen molar-refractivity contribution >= 4 is 22.4 Å². The summed E-state index contributed by atoms with van der Waals surface area (Å²) in [6.45, 7) is 9.87. The van der Waals surface area contributed by atoms with Gasteiger partial charge < -0.3 is 10.1 Å². The molecule has 0 spiro atoms. The number of anilines is 1. The Bertz CT molecular complexity index is 727. The molecular formula is C20H28N4O2S. The Morgan fingerprint density at radius 2 is 1.89 bits per heavy atom. The summed E-state index contributed by atoms with van der Waals surface area (Å²) in [6, 6.07) is 9.90. The number of nitrogens with zero attached hydrogens (tertiary/aromatic N) is 3. The number of benzene rings is 1. The van der Waals surface area contributed by atoms with Crippen LogP contribution in [-0.4, -0.2) is 66.6 Å². The minimum atomic E-state index is 0.0206. The molecule has 27 heavy (non-hydrogen) atoms. The van der Waals surface area contributed by atoms with Crippen LogP contribution in [0.15, 0.2) is 30.3 Å². The van der Waals surface area contributed by atoms with Crippen LogP contribution < -0.4 is 10.1 Å². The number of rotatable bonds is 8. The number of aromatic nitrogens is 1. The monoisotopic (exact) mass is 388 g/mol. The van der Waals surface area contributed by atoms with Gasteiger partial charge in [0.2, 0.25) is 5.91 Å². The van der Waals surface area contributed by atoms with Crippen molar-refractivity contribution in [2.75, 3.05) is 51.2 Å². The number of amides is 1. The minimum absolute atomic E-state index is 0.0206. The molecule has 0 atom stereocenters. The van der Waals surface area contributed by atoms with Crippen LogP contribution in [0.2, 0.25) is 0 Å². The van der Waals surface area contributed by atoms with E-state index in [2.05, 4.69) is 27.0 Å². The first kappa shape index (κ1) is 19.8. The lowest BCUT2D eigenvalue weighted by Crippen LogP contribution is -2.49. The standard InChI is InChI=1S/C20H28N4O2S/c1-3-18-16(2)27-20(21-18)22-19(25)15-24-11-9-23(10-12-24)13-14-26-17-7-5-4-6-8-17/h4-8H,3,9-15H2,1-2H3,(H,21,22,25). The zero-order valence-electron chi connectivity index (χ0n) is 16.1. The maximum Gasteiger partial charge on any atom is 0.240 e. The van der Waals surface area contributed by atoms with Crippen LogP contribution in [0.5, 0.6) is 5.75 Å². The van der Waals surface area contributed by atoms with Gasteiger partial charge >= 0.3 is 0 Å². The van der Waals surface area contributed by atoms with Gasteiger partial charge in [0, 0.05) is 37.6 Å². The summed E-state index contributed by atoms with van der Waals surface area (Å²) in [7, 11) is 0. The number of hydrogen-bond donors (Lipinski definition) is 1. The average molecular weight is 389 g/mol. The van der Waals surface area contributed by atoms with Crippen molar-refractivity contribution in [2.24, 2.45) is 0 Å². The Balaban J connectivity index is 1.34. The second kappa shape index (κ2) is 9.82. The summed E-state index contributed by atoms with van der Waals surface area (Å²) < 4.78 is 5.76. The van der Waals surface area contributed by atoms with Crippen molar-refractivity contribution in [3.05, 3.63) is 40.9 Å². The molecule has 0 unspecified atom stereocenters. The molecule has 0 bridgehead atoms. The molecule has 0 saturated carbocycles. The Hall–Kier alpha value is -1.96. The van der Waals surface area contributed by atoms with Gasteiger partial charge in [-0.05, 0) is 25.5 Å². The molecule has 0 aliphatic carbocycles. The molecule has 1 saturated heterocycles. The summed E-state index contributed by atoms with van der Waals surface area (Å²) in [5, 5.41) is 3.66. The van der Waals surface area contributed by atoms with Gasteiger partial charge in [-0.1, -0.05) is 25.1 Å². The largest absolute Gasteiger partial charge is 0.492 e. The summed E-state index contributed by atoms with van der Waals surface area (Å²) in [6.07, 6.45) is 0.897. The molecule has 1 amide bonds. The highest BCUT2D eigenvalue weighted by molar-refractivity contribution is 7.15. The zero-order valence-corrected chi connectivity index (χ0v) is 16.9. The molecule has 2 heterocycles. The second-order valence-corrected chi connectivity index (χ2v) is 7.91. The maximum absolute atomic E-state index is 12.3. The zero-order chi connectivity index (χ0) is 19.1. The van der Waals surface area contributed by atoms with Gasteiger partial charge in [0.05, 0.1) is 12.2 Å². The van der Waals surface area contributed by atoms with Crippen molar-refractivity contribution in [2.45, 2.75) is 20.3 Å². The van der Waals surface area contributed by atoms with Crippen LogP contribution in [0.3, 0.4) is 0 Å². The number of nitrogens with one attached hydrogen (secondary N) is 1. The Morgan fingerprint density at radius 3 is 2.56 bits per heavy atom. The molecule has 1 aromatic carbocycles. The van der Waals surface area contributed by atoms with Crippen molar-refractivity contribution in [1.82, 2.24) is 14.8 Å².